The third-order valence-corrected chi connectivity index (χ3v) is 6.86. The highest BCUT2D eigenvalue weighted by Gasteiger charge is 2.16. The van der Waals surface area contributed by atoms with Crippen LogP contribution in [0, 0.1) is 6.92 Å². The molecular weight excluding hydrogens is 404 g/mol. The van der Waals surface area contributed by atoms with E-state index in [0.29, 0.717) is 12.5 Å². The van der Waals surface area contributed by atoms with E-state index in [1.54, 1.807) is 6.20 Å². The van der Waals surface area contributed by atoms with Crippen LogP contribution < -0.4 is 4.74 Å². The molecule has 3 heterocycles. The molecule has 0 bridgehead atoms. The van der Waals surface area contributed by atoms with Crippen LogP contribution in [0.25, 0.3) is 22.2 Å². The SMILES string of the molecule is Cc1cccc(Oc2cnc3c(c2)c(-c2cnn(C)c2)cn3COCC[Si](C)(C)C)c1. The standard InChI is InChI=1S/C24H30N4O2Si/c1-18-7-6-8-20(11-18)30-21-12-22-23(19-13-26-27(2)15-19)16-28(24(22)25-14-21)17-29-9-10-31(3,4)5/h6-8,11-16H,9-10,17H2,1-5H3. The number of pyridine rings is 1. The third-order valence-electron chi connectivity index (χ3n) is 5.16. The van der Waals surface area contributed by atoms with Gasteiger partial charge in [0.15, 0.2) is 0 Å². The van der Waals surface area contributed by atoms with Gasteiger partial charge in [0.05, 0.1) is 12.4 Å². The Balaban J connectivity index is 1.65. The molecule has 0 amide bonds. The average molecular weight is 435 g/mol. The molecule has 0 unspecified atom stereocenters. The van der Waals surface area contributed by atoms with Gasteiger partial charge < -0.3 is 14.0 Å². The number of aromatic nitrogens is 4. The fourth-order valence-electron chi connectivity index (χ4n) is 3.45. The number of hydrogen-bond donors (Lipinski definition) is 0. The van der Waals surface area contributed by atoms with E-state index in [1.807, 2.05) is 48.4 Å². The number of rotatable bonds is 8. The predicted molar refractivity (Wildman–Crippen MR) is 127 cm³/mol. The first-order valence-corrected chi connectivity index (χ1v) is 14.3. The molecule has 0 aliphatic rings. The van der Waals surface area contributed by atoms with Gasteiger partial charge in [-0.1, -0.05) is 31.8 Å². The van der Waals surface area contributed by atoms with Gasteiger partial charge in [-0.15, -0.1) is 0 Å². The maximum absolute atomic E-state index is 6.09. The molecule has 162 valence electrons. The lowest BCUT2D eigenvalue weighted by Crippen LogP contribution is -2.22. The van der Waals surface area contributed by atoms with E-state index in [0.717, 1.165) is 46.1 Å². The molecule has 4 aromatic rings. The zero-order valence-corrected chi connectivity index (χ0v) is 19.9. The second-order valence-electron chi connectivity index (χ2n) is 9.22. The van der Waals surface area contributed by atoms with Crippen molar-refractivity contribution >= 4 is 19.1 Å². The summed E-state index contributed by atoms with van der Waals surface area (Å²) in [6.07, 6.45) is 7.76. The van der Waals surface area contributed by atoms with E-state index in [9.17, 15) is 0 Å². The number of fused-ring (bicyclic) bond motifs is 1. The summed E-state index contributed by atoms with van der Waals surface area (Å²) in [5, 5.41) is 5.36. The first kappa shape index (κ1) is 21.3. The minimum atomic E-state index is -1.12. The number of hydrogen-bond acceptors (Lipinski definition) is 4. The molecule has 3 aromatic heterocycles. The summed E-state index contributed by atoms with van der Waals surface area (Å²) in [4.78, 5) is 4.72. The Labute approximate surface area is 184 Å². The van der Waals surface area contributed by atoms with Crippen molar-refractivity contribution in [3.05, 3.63) is 60.7 Å². The fraction of sp³-hybridized carbons (Fsp3) is 0.333. The van der Waals surface area contributed by atoms with Gasteiger partial charge in [0.25, 0.3) is 0 Å². The molecule has 4 rings (SSSR count). The summed E-state index contributed by atoms with van der Waals surface area (Å²) in [5.41, 5.74) is 4.15. The summed E-state index contributed by atoms with van der Waals surface area (Å²) in [6.45, 7) is 10.4. The topological polar surface area (TPSA) is 54.1 Å². The summed E-state index contributed by atoms with van der Waals surface area (Å²) < 4.78 is 16.0. The molecule has 0 aliphatic heterocycles. The number of nitrogens with zero attached hydrogens (tertiary/aromatic N) is 4. The molecule has 0 spiro atoms. The Kier molecular flexibility index (Phi) is 5.98. The quantitative estimate of drug-likeness (QED) is 0.258. The molecule has 0 atom stereocenters. The molecule has 31 heavy (non-hydrogen) atoms. The normalized spacial score (nSPS) is 11.9. The highest BCUT2D eigenvalue weighted by Crippen LogP contribution is 2.33. The van der Waals surface area contributed by atoms with E-state index in [2.05, 4.69) is 48.5 Å². The zero-order chi connectivity index (χ0) is 22.0. The molecule has 7 heteroatoms. The van der Waals surface area contributed by atoms with Crippen molar-refractivity contribution in [2.75, 3.05) is 6.61 Å². The Morgan fingerprint density at radius 3 is 2.58 bits per heavy atom. The molecule has 0 radical (unpaired) electrons. The molecular formula is C24H30N4O2Si. The molecule has 0 N–H and O–H groups in total. The van der Waals surface area contributed by atoms with E-state index >= 15 is 0 Å². The largest absolute Gasteiger partial charge is 0.456 e. The smallest absolute Gasteiger partial charge is 0.146 e. The fourth-order valence-corrected chi connectivity index (χ4v) is 4.21. The van der Waals surface area contributed by atoms with Gasteiger partial charge >= 0.3 is 0 Å². The van der Waals surface area contributed by atoms with Gasteiger partial charge in [-0.3, -0.25) is 4.68 Å². The summed E-state index contributed by atoms with van der Waals surface area (Å²) in [5.74, 6) is 1.51. The Bertz CT molecular complexity index is 1190. The van der Waals surface area contributed by atoms with Crippen LogP contribution in [0.1, 0.15) is 5.56 Å². The first-order chi connectivity index (χ1) is 14.8. The number of aryl methyl sites for hydroxylation is 2. The van der Waals surface area contributed by atoms with Gasteiger partial charge in [-0.25, -0.2) is 4.98 Å². The second kappa shape index (κ2) is 8.68. The summed E-state index contributed by atoms with van der Waals surface area (Å²) in [7, 11) is 0.803. The molecule has 0 saturated heterocycles. The van der Waals surface area contributed by atoms with Crippen LogP contribution in [-0.2, 0) is 18.5 Å². The van der Waals surface area contributed by atoms with Crippen LogP contribution in [-0.4, -0.2) is 34.0 Å². The minimum Gasteiger partial charge on any atom is -0.456 e. The lowest BCUT2D eigenvalue weighted by atomic mass is 10.1. The predicted octanol–water partition coefficient (Wildman–Crippen LogP) is 5.85. The Morgan fingerprint density at radius 1 is 1.03 bits per heavy atom. The first-order valence-electron chi connectivity index (χ1n) is 10.6. The molecule has 6 nitrogen and oxygen atoms in total. The number of ether oxygens (including phenoxy) is 2. The van der Waals surface area contributed by atoms with Crippen LogP contribution >= 0.6 is 0 Å². The van der Waals surface area contributed by atoms with Crippen LogP contribution in [0.4, 0.5) is 0 Å². The van der Waals surface area contributed by atoms with E-state index in [-0.39, 0.29) is 0 Å². The highest BCUT2D eigenvalue weighted by molar-refractivity contribution is 6.76. The van der Waals surface area contributed by atoms with Gasteiger partial charge in [-0.2, -0.15) is 5.10 Å². The van der Waals surface area contributed by atoms with Gasteiger partial charge in [0.1, 0.15) is 23.9 Å². The number of benzene rings is 1. The van der Waals surface area contributed by atoms with E-state index in [4.69, 9.17) is 14.5 Å². The van der Waals surface area contributed by atoms with Gasteiger partial charge in [-0.05, 0) is 36.7 Å². The van der Waals surface area contributed by atoms with Crippen molar-refractivity contribution in [3.8, 4) is 22.6 Å². The van der Waals surface area contributed by atoms with Crippen LogP contribution in [0.5, 0.6) is 11.5 Å². The van der Waals surface area contributed by atoms with Crippen molar-refractivity contribution in [2.24, 2.45) is 7.05 Å². The molecule has 0 saturated carbocycles. The monoisotopic (exact) mass is 434 g/mol. The maximum atomic E-state index is 6.09. The van der Waals surface area contributed by atoms with Crippen molar-refractivity contribution < 1.29 is 9.47 Å². The van der Waals surface area contributed by atoms with Crippen molar-refractivity contribution in [2.45, 2.75) is 39.3 Å². The molecule has 1 aromatic carbocycles. The second-order valence-corrected chi connectivity index (χ2v) is 14.8. The van der Waals surface area contributed by atoms with Crippen LogP contribution in [0.15, 0.2) is 55.1 Å². The third kappa shape index (κ3) is 5.24. The van der Waals surface area contributed by atoms with E-state index in [1.165, 1.54) is 0 Å². The lowest BCUT2D eigenvalue weighted by Gasteiger charge is -2.15. The Hall–Kier alpha value is -2.90. The van der Waals surface area contributed by atoms with Gasteiger partial charge in [0.2, 0.25) is 0 Å². The van der Waals surface area contributed by atoms with Crippen molar-refractivity contribution in [3.63, 3.8) is 0 Å². The summed E-state index contributed by atoms with van der Waals surface area (Å²) in [6, 6.07) is 11.2. The molecule has 0 aliphatic carbocycles. The van der Waals surface area contributed by atoms with Crippen LogP contribution in [0.2, 0.25) is 25.7 Å². The zero-order valence-electron chi connectivity index (χ0n) is 18.9. The van der Waals surface area contributed by atoms with E-state index < -0.39 is 8.07 Å². The lowest BCUT2D eigenvalue weighted by molar-refractivity contribution is 0.0899. The average Bonchev–Trinajstić information content (AvgIpc) is 3.28. The highest BCUT2D eigenvalue weighted by atomic mass is 28.3. The van der Waals surface area contributed by atoms with Gasteiger partial charge in [0, 0.05) is 50.6 Å². The van der Waals surface area contributed by atoms with Crippen molar-refractivity contribution in [1.29, 1.82) is 0 Å². The summed E-state index contributed by atoms with van der Waals surface area (Å²) >= 11 is 0. The minimum absolute atomic E-state index is 0.478. The maximum Gasteiger partial charge on any atom is 0.146 e. The van der Waals surface area contributed by atoms with Crippen molar-refractivity contribution in [1.82, 2.24) is 19.3 Å². The molecule has 0 fully saturated rings. The van der Waals surface area contributed by atoms with Crippen LogP contribution in [0.3, 0.4) is 0 Å². The Morgan fingerprint density at radius 2 is 1.87 bits per heavy atom.